The summed E-state index contributed by atoms with van der Waals surface area (Å²) >= 11 is 0. The van der Waals surface area contributed by atoms with E-state index in [0.717, 1.165) is 44.5 Å². The Morgan fingerprint density at radius 1 is 1.26 bits per heavy atom. The van der Waals surface area contributed by atoms with Gasteiger partial charge in [-0.15, -0.1) is 0 Å². The third-order valence-corrected chi connectivity index (χ3v) is 3.97. The number of hydrogen-bond acceptors (Lipinski definition) is 3. The standard InChI is InChI=1S/C16H24N2O/c1-13-3-6-16(19-12-14-4-5-14)15(11-13)18-9-2-7-17-8-10-18/h3,6,11,14,17H,2,4-5,7-10,12H2,1H3. The number of aryl methyl sites for hydroxylation is 1. The fraction of sp³-hybridized carbons (Fsp3) is 0.625. The molecule has 3 rings (SSSR count). The molecule has 19 heavy (non-hydrogen) atoms. The molecule has 1 N–H and O–H groups in total. The second-order valence-corrected chi connectivity index (χ2v) is 5.82. The van der Waals surface area contributed by atoms with Crippen LogP contribution in [0.2, 0.25) is 0 Å². The van der Waals surface area contributed by atoms with Gasteiger partial charge < -0.3 is 15.0 Å². The topological polar surface area (TPSA) is 24.5 Å². The van der Waals surface area contributed by atoms with E-state index in [4.69, 9.17) is 4.74 Å². The lowest BCUT2D eigenvalue weighted by molar-refractivity contribution is 0.300. The van der Waals surface area contributed by atoms with Gasteiger partial charge in [0.15, 0.2) is 0 Å². The van der Waals surface area contributed by atoms with E-state index in [-0.39, 0.29) is 0 Å². The van der Waals surface area contributed by atoms with Crippen molar-refractivity contribution in [2.75, 3.05) is 37.7 Å². The molecule has 1 aliphatic heterocycles. The molecule has 1 aromatic carbocycles. The number of nitrogens with one attached hydrogen (secondary N) is 1. The second kappa shape index (κ2) is 5.83. The summed E-state index contributed by atoms with van der Waals surface area (Å²) in [6.45, 7) is 7.43. The molecule has 2 fully saturated rings. The van der Waals surface area contributed by atoms with Gasteiger partial charge in [0.05, 0.1) is 12.3 Å². The van der Waals surface area contributed by atoms with E-state index in [1.807, 2.05) is 0 Å². The van der Waals surface area contributed by atoms with Crippen molar-refractivity contribution in [1.29, 1.82) is 0 Å². The molecule has 104 valence electrons. The molecule has 0 radical (unpaired) electrons. The van der Waals surface area contributed by atoms with Crippen molar-refractivity contribution in [3.05, 3.63) is 23.8 Å². The molecule has 0 unspecified atom stereocenters. The number of hydrogen-bond donors (Lipinski definition) is 1. The maximum Gasteiger partial charge on any atom is 0.142 e. The van der Waals surface area contributed by atoms with Crippen LogP contribution in [0.3, 0.4) is 0 Å². The minimum absolute atomic E-state index is 0.806. The van der Waals surface area contributed by atoms with Gasteiger partial charge in [0.2, 0.25) is 0 Å². The summed E-state index contributed by atoms with van der Waals surface area (Å²) in [6.07, 6.45) is 3.89. The predicted octanol–water partition coefficient (Wildman–Crippen LogP) is 2.58. The van der Waals surface area contributed by atoms with E-state index in [0.29, 0.717) is 0 Å². The summed E-state index contributed by atoms with van der Waals surface area (Å²) in [6, 6.07) is 6.57. The first-order chi connectivity index (χ1) is 9.33. The number of benzene rings is 1. The van der Waals surface area contributed by atoms with E-state index in [1.165, 1.54) is 30.5 Å². The molecule has 2 aliphatic rings. The zero-order valence-electron chi connectivity index (χ0n) is 11.8. The van der Waals surface area contributed by atoms with Gasteiger partial charge in [-0.1, -0.05) is 6.07 Å². The number of ether oxygens (including phenoxy) is 1. The summed E-state index contributed by atoms with van der Waals surface area (Å²) in [5.41, 5.74) is 2.59. The zero-order chi connectivity index (χ0) is 13.1. The molecular formula is C16H24N2O. The molecular weight excluding hydrogens is 236 g/mol. The highest BCUT2D eigenvalue weighted by Gasteiger charge is 2.23. The molecule has 0 aromatic heterocycles. The fourth-order valence-electron chi connectivity index (χ4n) is 2.58. The first kappa shape index (κ1) is 12.8. The minimum atomic E-state index is 0.806. The molecule has 1 heterocycles. The summed E-state index contributed by atoms with van der Waals surface area (Å²) in [4.78, 5) is 2.47. The summed E-state index contributed by atoms with van der Waals surface area (Å²) in [7, 11) is 0. The van der Waals surface area contributed by atoms with Crippen LogP contribution >= 0.6 is 0 Å². The van der Waals surface area contributed by atoms with Crippen molar-refractivity contribution in [2.24, 2.45) is 5.92 Å². The van der Waals surface area contributed by atoms with Crippen LogP contribution < -0.4 is 15.0 Å². The Bertz CT molecular complexity index is 421. The van der Waals surface area contributed by atoms with Crippen LogP contribution in [0.25, 0.3) is 0 Å². The molecule has 1 saturated carbocycles. The monoisotopic (exact) mass is 260 g/mol. The number of rotatable bonds is 4. The molecule has 0 amide bonds. The highest BCUT2D eigenvalue weighted by atomic mass is 16.5. The third-order valence-electron chi connectivity index (χ3n) is 3.97. The maximum absolute atomic E-state index is 6.05. The lowest BCUT2D eigenvalue weighted by atomic mass is 10.2. The van der Waals surface area contributed by atoms with Crippen LogP contribution in [0.5, 0.6) is 5.75 Å². The average Bonchev–Trinajstić information content (AvgIpc) is 3.24. The Morgan fingerprint density at radius 3 is 3.00 bits per heavy atom. The van der Waals surface area contributed by atoms with Crippen molar-refractivity contribution in [1.82, 2.24) is 5.32 Å². The van der Waals surface area contributed by atoms with Gasteiger partial charge >= 0.3 is 0 Å². The SMILES string of the molecule is Cc1ccc(OCC2CC2)c(N2CCCNCC2)c1. The summed E-state index contributed by atoms with van der Waals surface area (Å²) in [5, 5.41) is 3.46. The van der Waals surface area contributed by atoms with Crippen LogP contribution in [-0.4, -0.2) is 32.8 Å². The Hall–Kier alpha value is -1.22. The van der Waals surface area contributed by atoms with Crippen LogP contribution in [0.15, 0.2) is 18.2 Å². The first-order valence-corrected chi connectivity index (χ1v) is 7.52. The van der Waals surface area contributed by atoms with Crippen LogP contribution in [-0.2, 0) is 0 Å². The molecule has 0 bridgehead atoms. The molecule has 3 heteroatoms. The van der Waals surface area contributed by atoms with Crippen molar-refractivity contribution in [3.8, 4) is 5.75 Å². The van der Waals surface area contributed by atoms with E-state index in [2.05, 4.69) is 35.3 Å². The highest BCUT2D eigenvalue weighted by molar-refractivity contribution is 5.60. The first-order valence-electron chi connectivity index (χ1n) is 7.52. The highest BCUT2D eigenvalue weighted by Crippen LogP contribution is 2.34. The van der Waals surface area contributed by atoms with Gasteiger partial charge in [0.1, 0.15) is 5.75 Å². The Kier molecular flexibility index (Phi) is 3.92. The van der Waals surface area contributed by atoms with E-state index < -0.39 is 0 Å². The lowest BCUT2D eigenvalue weighted by Gasteiger charge is -2.25. The molecule has 1 saturated heterocycles. The number of anilines is 1. The smallest absolute Gasteiger partial charge is 0.142 e. The van der Waals surface area contributed by atoms with Crippen molar-refractivity contribution < 1.29 is 4.74 Å². The minimum Gasteiger partial charge on any atom is -0.491 e. The summed E-state index contributed by atoms with van der Waals surface area (Å²) < 4.78 is 6.05. The van der Waals surface area contributed by atoms with Gasteiger partial charge in [-0.2, -0.15) is 0 Å². The molecule has 1 aromatic rings. The second-order valence-electron chi connectivity index (χ2n) is 5.82. The van der Waals surface area contributed by atoms with E-state index in [9.17, 15) is 0 Å². The van der Waals surface area contributed by atoms with Crippen LogP contribution in [0.4, 0.5) is 5.69 Å². The van der Waals surface area contributed by atoms with Gasteiger partial charge in [-0.25, -0.2) is 0 Å². The molecule has 0 atom stereocenters. The average molecular weight is 260 g/mol. The zero-order valence-corrected chi connectivity index (χ0v) is 11.8. The third kappa shape index (κ3) is 3.41. The van der Waals surface area contributed by atoms with Crippen LogP contribution in [0, 0.1) is 12.8 Å². The lowest BCUT2D eigenvalue weighted by Crippen LogP contribution is -2.28. The van der Waals surface area contributed by atoms with Gasteiger partial charge in [-0.05, 0) is 56.3 Å². The Balaban J connectivity index is 1.77. The Labute approximate surface area is 115 Å². The quantitative estimate of drug-likeness (QED) is 0.900. The normalized spacial score (nSPS) is 20.2. The predicted molar refractivity (Wildman–Crippen MR) is 79.1 cm³/mol. The van der Waals surface area contributed by atoms with Crippen LogP contribution in [0.1, 0.15) is 24.8 Å². The van der Waals surface area contributed by atoms with Crippen molar-refractivity contribution in [3.63, 3.8) is 0 Å². The maximum atomic E-state index is 6.05. The fourth-order valence-corrected chi connectivity index (χ4v) is 2.58. The largest absolute Gasteiger partial charge is 0.491 e. The number of nitrogens with zero attached hydrogens (tertiary/aromatic N) is 1. The van der Waals surface area contributed by atoms with Crippen molar-refractivity contribution >= 4 is 5.69 Å². The van der Waals surface area contributed by atoms with E-state index in [1.54, 1.807) is 0 Å². The molecule has 1 aliphatic carbocycles. The van der Waals surface area contributed by atoms with Crippen molar-refractivity contribution in [2.45, 2.75) is 26.2 Å². The molecule has 0 spiro atoms. The van der Waals surface area contributed by atoms with Gasteiger partial charge in [0, 0.05) is 19.6 Å². The summed E-state index contributed by atoms with van der Waals surface area (Å²) in [5.74, 6) is 1.87. The Morgan fingerprint density at radius 2 is 2.16 bits per heavy atom. The molecule has 3 nitrogen and oxygen atoms in total. The van der Waals surface area contributed by atoms with E-state index >= 15 is 0 Å². The van der Waals surface area contributed by atoms with Gasteiger partial charge in [-0.3, -0.25) is 0 Å². The van der Waals surface area contributed by atoms with Gasteiger partial charge in [0.25, 0.3) is 0 Å².